The van der Waals surface area contributed by atoms with Gasteiger partial charge in [-0.05, 0) is 29.8 Å². The van der Waals surface area contributed by atoms with Crippen LogP contribution >= 0.6 is 0 Å². The van der Waals surface area contributed by atoms with Crippen LogP contribution in [-0.4, -0.2) is 37.0 Å². The lowest BCUT2D eigenvalue weighted by Gasteiger charge is -2.11. The van der Waals surface area contributed by atoms with Gasteiger partial charge in [-0.15, -0.1) is 0 Å². The Morgan fingerprint density at radius 2 is 1.90 bits per heavy atom. The van der Waals surface area contributed by atoms with Crippen LogP contribution in [0.25, 0.3) is 0 Å². The standard InChI is InChI=1S/C16H19N3O2/c1-19(2)16(20)13-5-7-14(8-6-13)17-10-12-4-9-15(21-3)18-11-12/h4-9,11,17H,10H2,1-3H3. The molecule has 1 amide bonds. The van der Waals surface area contributed by atoms with E-state index in [1.54, 1.807) is 32.3 Å². The van der Waals surface area contributed by atoms with E-state index >= 15 is 0 Å². The highest BCUT2D eigenvalue weighted by Gasteiger charge is 2.06. The Balaban J connectivity index is 1.95. The van der Waals surface area contributed by atoms with Crippen LogP contribution in [0.15, 0.2) is 42.6 Å². The van der Waals surface area contributed by atoms with Gasteiger partial charge in [0.2, 0.25) is 5.88 Å². The summed E-state index contributed by atoms with van der Waals surface area (Å²) in [5.41, 5.74) is 2.70. The minimum atomic E-state index is 0.000837. The number of pyridine rings is 1. The van der Waals surface area contributed by atoms with Crippen LogP contribution in [0.4, 0.5) is 5.69 Å². The van der Waals surface area contributed by atoms with Crippen molar-refractivity contribution >= 4 is 11.6 Å². The lowest BCUT2D eigenvalue weighted by Crippen LogP contribution is -2.21. The van der Waals surface area contributed by atoms with E-state index in [0.717, 1.165) is 11.3 Å². The summed E-state index contributed by atoms with van der Waals surface area (Å²) >= 11 is 0. The zero-order valence-electron chi connectivity index (χ0n) is 12.5. The van der Waals surface area contributed by atoms with Gasteiger partial charge >= 0.3 is 0 Å². The first-order valence-electron chi connectivity index (χ1n) is 6.64. The number of carbonyl (C=O) groups is 1. The molecule has 0 unspecified atom stereocenters. The third-order valence-corrected chi connectivity index (χ3v) is 3.04. The van der Waals surface area contributed by atoms with Crippen molar-refractivity contribution in [3.05, 3.63) is 53.7 Å². The minimum Gasteiger partial charge on any atom is -0.481 e. The highest BCUT2D eigenvalue weighted by molar-refractivity contribution is 5.94. The van der Waals surface area contributed by atoms with Crippen molar-refractivity contribution in [1.29, 1.82) is 0 Å². The predicted molar refractivity (Wildman–Crippen MR) is 82.6 cm³/mol. The third-order valence-electron chi connectivity index (χ3n) is 3.04. The number of methoxy groups -OCH3 is 1. The molecule has 0 bridgehead atoms. The average Bonchev–Trinajstić information content (AvgIpc) is 2.53. The summed E-state index contributed by atoms with van der Waals surface area (Å²) in [5.74, 6) is 0.603. The fourth-order valence-corrected chi connectivity index (χ4v) is 1.83. The summed E-state index contributed by atoms with van der Waals surface area (Å²) in [6.45, 7) is 0.665. The Labute approximate surface area is 124 Å². The Morgan fingerprint density at radius 1 is 1.19 bits per heavy atom. The van der Waals surface area contributed by atoms with Crippen molar-refractivity contribution in [2.45, 2.75) is 6.54 Å². The van der Waals surface area contributed by atoms with E-state index in [4.69, 9.17) is 4.74 Å². The van der Waals surface area contributed by atoms with E-state index in [1.807, 2.05) is 36.4 Å². The molecule has 1 heterocycles. The predicted octanol–water partition coefficient (Wildman–Crippen LogP) is 2.40. The summed E-state index contributed by atoms with van der Waals surface area (Å²) in [7, 11) is 5.08. The lowest BCUT2D eigenvalue weighted by atomic mass is 10.2. The van der Waals surface area contributed by atoms with Crippen LogP contribution in [0, 0.1) is 0 Å². The molecule has 1 aromatic carbocycles. The normalized spacial score (nSPS) is 10.0. The van der Waals surface area contributed by atoms with Crippen molar-refractivity contribution in [1.82, 2.24) is 9.88 Å². The molecule has 110 valence electrons. The van der Waals surface area contributed by atoms with E-state index in [-0.39, 0.29) is 5.91 Å². The van der Waals surface area contributed by atoms with Crippen molar-refractivity contribution < 1.29 is 9.53 Å². The van der Waals surface area contributed by atoms with Crippen LogP contribution in [0.3, 0.4) is 0 Å². The smallest absolute Gasteiger partial charge is 0.253 e. The number of benzene rings is 1. The van der Waals surface area contributed by atoms with Crippen molar-refractivity contribution in [3.63, 3.8) is 0 Å². The Hall–Kier alpha value is -2.56. The number of carbonyl (C=O) groups excluding carboxylic acids is 1. The summed E-state index contributed by atoms with van der Waals surface area (Å²) in [6.07, 6.45) is 1.77. The van der Waals surface area contributed by atoms with Gasteiger partial charge in [-0.25, -0.2) is 4.98 Å². The maximum atomic E-state index is 11.8. The van der Waals surface area contributed by atoms with Gasteiger partial charge in [-0.1, -0.05) is 6.07 Å². The maximum Gasteiger partial charge on any atom is 0.253 e. The molecule has 5 heteroatoms. The second-order valence-corrected chi connectivity index (χ2v) is 4.84. The lowest BCUT2D eigenvalue weighted by molar-refractivity contribution is 0.0827. The molecular weight excluding hydrogens is 266 g/mol. The van der Waals surface area contributed by atoms with Gasteiger partial charge < -0.3 is 15.0 Å². The molecule has 0 fully saturated rings. The van der Waals surface area contributed by atoms with Gasteiger partial charge in [-0.3, -0.25) is 4.79 Å². The second-order valence-electron chi connectivity index (χ2n) is 4.84. The molecule has 0 atom stereocenters. The molecule has 2 rings (SSSR count). The molecule has 0 radical (unpaired) electrons. The van der Waals surface area contributed by atoms with Crippen molar-refractivity contribution in [2.24, 2.45) is 0 Å². The zero-order valence-corrected chi connectivity index (χ0v) is 12.5. The number of ether oxygens (including phenoxy) is 1. The monoisotopic (exact) mass is 285 g/mol. The van der Waals surface area contributed by atoms with Crippen LogP contribution < -0.4 is 10.1 Å². The molecular formula is C16H19N3O2. The molecule has 1 aromatic heterocycles. The van der Waals surface area contributed by atoms with E-state index in [9.17, 15) is 4.79 Å². The van der Waals surface area contributed by atoms with Gasteiger partial charge in [0, 0.05) is 44.2 Å². The number of hydrogen-bond acceptors (Lipinski definition) is 4. The summed E-state index contributed by atoms with van der Waals surface area (Å²) < 4.78 is 5.02. The molecule has 1 N–H and O–H groups in total. The number of nitrogens with zero attached hydrogens (tertiary/aromatic N) is 2. The molecule has 2 aromatic rings. The highest BCUT2D eigenvalue weighted by Crippen LogP contribution is 2.13. The molecule has 5 nitrogen and oxygen atoms in total. The van der Waals surface area contributed by atoms with Crippen LogP contribution in [0.5, 0.6) is 5.88 Å². The molecule has 0 saturated carbocycles. The van der Waals surface area contributed by atoms with Gasteiger partial charge in [0.15, 0.2) is 0 Å². The second kappa shape index (κ2) is 6.74. The van der Waals surface area contributed by atoms with Crippen LogP contribution in [0.1, 0.15) is 15.9 Å². The highest BCUT2D eigenvalue weighted by atomic mass is 16.5. The summed E-state index contributed by atoms with van der Waals surface area (Å²) in [5, 5.41) is 3.29. The van der Waals surface area contributed by atoms with E-state index in [0.29, 0.717) is 18.0 Å². The number of anilines is 1. The largest absolute Gasteiger partial charge is 0.481 e. The number of aromatic nitrogens is 1. The first-order chi connectivity index (χ1) is 10.1. The van der Waals surface area contributed by atoms with Gasteiger partial charge in [-0.2, -0.15) is 0 Å². The van der Waals surface area contributed by atoms with Gasteiger partial charge in [0.05, 0.1) is 7.11 Å². The van der Waals surface area contributed by atoms with E-state index < -0.39 is 0 Å². The fourth-order valence-electron chi connectivity index (χ4n) is 1.83. The summed E-state index contributed by atoms with van der Waals surface area (Å²) in [6, 6.07) is 11.2. The fraction of sp³-hybridized carbons (Fsp3) is 0.250. The minimum absolute atomic E-state index is 0.000837. The Bertz CT molecular complexity index is 592. The number of nitrogens with one attached hydrogen (secondary N) is 1. The topological polar surface area (TPSA) is 54.5 Å². The maximum absolute atomic E-state index is 11.8. The van der Waals surface area contributed by atoms with Gasteiger partial charge in [0.25, 0.3) is 5.91 Å². The quantitative estimate of drug-likeness (QED) is 0.916. The molecule has 21 heavy (non-hydrogen) atoms. The Kier molecular flexibility index (Phi) is 4.77. The van der Waals surface area contributed by atoms with E-state index in [1.165, 1.54) is 0 Å². The van der Waals surface area contributed by atoms with E-state index in [2.05, 4.69) is 10.3 Å². The third kappa shape index (κ3) is 3.95. The average molecular weight is 285 g/mol. The molecule has 0 saturated heterocycles. The molecule has 0 spiro atoms. The van der Waals surface area contributed by atoms with Crippen molar-refractivity contribution in [3.8, 4) is 5.88 Å². The molecule has 0 aliphatic carbocycles. The zero-order chi connectivity index (χ0) is 15.2. The number of hydrogen-bond donors (Lipinski definition) is 1. The van der Waals surface area contributed by atoms with Crippen molar-refractivity contribution in [2.75, 3.05) is 26.5 Å². The summed E-state index contributed by atoms with van der Waals surface area (Å²) in [4.78, 5) is 17.5. The molecule has 0 aliphatic heterocycles. The Morgan fingerprint density at radius 3 is 2.43 bits per heavy atom. The first kappa shape index (κ1) is 14.8. The number of amides is 1. The van der Waals surface area contributed by atoms with Crippen LogP contribution in [0.2, 0.25) is 0 Å². The first-order valence-corrected chi connectivity index (χ1v) is 6.64. The van der Waals surface area contributed by atoms with Gasteiger partial charge in [0.1, 0.15) is 0 Å². The molecule has 0 aliphatic rings. The number of rotatable bonds is 5. The van der Waals surface area contributed by atoms with Crippen LogP contribution in [-0.2, 0) is 6.54 Å². The SMILES string of the molecule is COc1ccc(CNc2ccc(C(=O)N(C)C)cc2)cn1.